The zero-order chi connectivity index (χ0) is 17.8. The molecule has 0 heterocycles. The van der Waals surface area contributed by atoms with Crippen LogP contribution in [0.3, 0.4) is 0 Å². The van der Waals surface area contributed by atoms with Gasteiger partial charge in [0.15, 0.2) is 0 Å². The largest absolute Gasteiger partial charge is 0.496 e. The van der Waals surface area contributed by atoms with Crippen LogP contribution in [0.4, 0.5) is 10.5 Å². The number of carbonyl (C=O) groups excluding carboxylic acids is 1. The number of amides is 2. The molecular weight excluding hydrogens is 404 g/mol. The number of halogens is 2. The number of nitrogens with one attached hydrogen (secondary N) is 2. The summed E-state index contributed by atoms with van der Waals surface area (Å²) in [4.78, 5) is 12.2. The van der Waals surface area contributed by atoms with Gasteiger partial charge in [-0.15, -0.1) is 0 Å². The first kappa shape index (κ1) is 17.6. The Balaban J connectivity index is 1.77. The number of carbonyl (C=O) groups is 1. The average molecular weight is 420 g/mol. The highest BCUT2D eigenvalue weighted by Gasteiger charge is 2.10. The molecule has 0 spiro atoms. The van der Waals surface area contributed by atoms with Gasteiger partial charge in [0.05, 0.1) is 7.11 Å². The number of anilines is 1. The van der Waals surface area contributed by atoms with Crippen molar-refractivity contribution in [3.05, 3.63) is 69.7 Å². The van der Waals surface area contributed by atoms with Crippen molar-refractivity contribution in [1.82, 2.24) is 5.32 Å². The molecule has 2 N–H and O–H groups in total. The molecule has 6 heteroatoms. The molecule has 0 saturated heterocycles. The quantitative estimate of drug-likeness (QED) is 0.579. The number of urea groups is 1. The summed E-state index contributed by atoms with van der Waals surface area (Å²) < 4.78 is 6.45. The molecule has 3 aromatic rings. The van der Waals surface area contributed by atoms with Crippen LogP contribution in [0.25, 0.3) is 10.8 Å². The topological polar surface area (TPSA) is 50.4 Å². The third kappa shape index (κ3) is 4.24. The van der Waals surface area contributed by atoms with E-state index >= 15 is 0 Å². The highest BCUT2D eigenvalue weighted by atomic mass is 79.9. The molecule has 3 rings (SSSR count). The molecule has 0 radical (unpaired) electrons. The lowest BCUT2D eigenvalue weighted by molar-refractivity contribution is 0.251. The van der Waals surface area contributed by atoms with Gasteiger partial charge in [-0.2, -0.15) is 0 Å². The summed E-state index contributed by atoms with van der Waals surface area (Å²) in [5, 5.41) is 8.38. The molecule has 0 atom stereocenters. The minimum atomic E-state index is -0.293. The summed E-state index contributed by atoms with van der Waals surface area (Å²) in [6.07, 6.45) is 0. The van der Waals surface area contributed by atoms with Crippen LogP contribution in [0, 0.1) is 0 Å². The Kier molecular flexibility index (Phi) is 5.46. The highest BCUT2D eigenvalue weighted by molar-refractivity contribution is 9.10. The summed E-state index contributed by atoms with van der Waals surface area (Å²) in [5.74, 6) is 0.738. The number of ether oxygens (including phenoxy) is 1. The second-order valence-corrected chi connectivity index (χ2v) is 6.78. The Morgan fingerprint density at radius 1 is 1.12 bits per heavy atom. The van der Waals surface area contributed by atoms with Crippen molar-refractivity contribution in [3.8, 4) is 5.75 Å². The second-order valence-electron chi connectivity index (χ2n) is 5.43. The molecule has 3 aromatic carbocycles. The van der Waals surface area contributed by atoms with Crippen LogP contribution in [0.15, 0.2) is 59.1 Å². The summed E-state index contributed by atoms with van der Waals surface area (Å²) in [6.45, 7) is 0.349. The first-order valence-electron chi connectivity index (χ1n) is 7.62. The first-order chi connectivity index (χ1) is 12.1. The predicted octanol–water partition coefficient (Wildman–Crippen LogP) is 5.59. The van der Waals surface area contributed by atoms with Crippen LogP contribution < -0.4 is 15.4 Å². The van der Waals surface area contributed by atoms with Gasteiger partial charge in [-0.3, -0.25) is 0 Å². The van der Waals surface area contributed by atoms with Gasteiger partial charge < -0.3 is 15.4 Å². The Morgan fingerprint density at radius 3 is 2.60 bits per heavy atom. The summed E-state index contributed by atoms with van der Waals surface area (Å²) in [6, 6.07) is 16.6. The number of rotatable bonds is 4. The molecular formula is C19H16BrClN2O2. The van der Waals surface area contributed by atoms with Gasteiger partial charge in [0.1, 0.15) is 5.75 Å². The van der Waals surface area contributed by atoms with Gasteiger partial charge in [-0.1, -0.05) is 39.7 Å². The van der Waals surface area contributed by atoms with E-state index < -0.39 is 0 Å². The maximum Gasteiger partial charge on any atom is 0.319 e. The Bertz CT molecular complexity index is 913. The molecule has 128 valence electrons. The average Bonchev–Trinajstić information content (AvgIpc) is 2.61. The van der Waals surface area contributed by atoms with Crippen molar-refractivity contribution < 1.29 is 9.53 Å². The Morgan fingerprint density at radius 2 is 1.88 bits per heavy atom. The number of benzene rings is 3. The van der Waals surface area contributed by atoms with Gasteiger partial charge in [-0.25, -0.2) is 4.79 Å². The first-order valence-corrected chi connectivity index (χ1v) is 8.79. The minimum Gasteiger partial charge on any atom is -0.496 e. The van der Waals surface area contributed by atoms with E-state index in [1.54, 1.807) is 31.4 Å². The number of hydrogen-bond acceptors (Lipinski definition) is 2. The van der Waals surface area contributed by atoms with Crippen LogP contribution in [0.1, 0.15) is 5.56 Å². The Labute approximate surface area is 159 Å². The molecule has 0 saturated carbocycles. The number of methoxy groups -OCH3 is 1. The molecule has 0 bridgehead atoms. The van der Waals surface area contributed by atoms with Crippen LogP contribution >= 0.6 is 27.5 Å². The van der Waals surface area contributed by atoms with E-state index in [0.29, 0.717) is 17.3 Å². The van der Waals surface area contributed by atoms with Gasteiger partial charge in [0, 0.05) is 27.3 Å². The van der Waals surface area contributed by atoms with Crippen molar-refractivity contribution in [2.24, 2.45) is 0 Å². The second kappa shape index (κ2) is 7.76. The fraction of sp³-hybridized carbons (Fsp3) is 0.105. The van der Waals surface area contributed by atoms with Crippen LogP contribution in [0.2, 0.25) is 5.02 Å². The third-order valence-corrected chi connectivity index (χ3v) is 4.54. The predicted molar refractivity (Wildman–Crippen MR) is 106 cm³/mol. The maximum atomic E-state index is 12.2. The van der Waals surface area contributed by atoms with Crippen LogP contribution in [-0.4, -0.2) is 13.1 Å². The number of fused-ring (bicyclic) bond motifs is 1. The van der Waals surface area contributed by atoms with Crippen molar-refractivity contribution in [1.29, 1.82) is 0 Å². The van der Waals surface area contributed by atoms with Crippen LogP contribution in [-0.2, 0) is 6.54 Å². The van der Waals surface area contributed by atoms with E-state index in [9.17, 15) is 4.79 Å². The van der Waals surface area contributed by atoms with E-state index in [-0.39, 0.29) is 6.03 Å². The summed E-state index contributed by atoms with van der Waals surface area (Å²) >= 11 is 9.32. The molecule has 0 aliphatic carbocycles. The van der Waals surface area contributed by atoms with E-state index in [2.05, 4.69) is 26.6 Å². The van der Waals surface area contributed by atoms with Crippen molar-refractivity contribution in [2.45, 2.75) is 6.54 Å². The standard InChI is InChI=1S/C19H16BrClN2O2/c1-25-18-9-2-12-10-13(20)3-8-16(12)17(18)11-22-19(24)23-15-6-4-14(21)5-7-15/h2-10H,11H2,1H3,(H2,22,23,24). The summed E-state index contributed by atoms with van der Waals surface area (Å²) in [7, 11) is 1.62. The fourth-order valence-electron chi connectivity index (χ4n) is 2.60. The summed E-state index contributed by atoms with van der Waals surface area (Å²) in [5.41, 5.74) is 1.61. The normalized spacial score (nSPS) is 10.5. The molecule has 0 aromatic heterocycles. The van der Waals surface area contributed by atoms with E-state index in [0.717, 1.165) is 26.6 Å². The molecule has 0 fully saturated rings. The lowest BCUT2D eigenvalue weighted by Crippen LogP contribution is -2.28. The monoisotopic (exact) mass is 418 g/mol. The van der Waals surface area contributed by atoms with E-state index in [1.807, 2.05) is 30.3 Å². The van der Waals surface area contributed by atoms with Crippen molar-refractivity contribution in [2.75, 3.05) is 12.4 Å². The lowest BCUT2D eigenvalue weighted by atomic mass is 10.0. The van der Waals surface area contributed by atoms with Crippen molar-refractivity contribution >= 4 is 50.0 Å². The highest BCUT2D eigenvalue weighted by Crippen LogP contribution is 2.30. The molecule has 2 amide bonds. The van der Waals surface area contributed by atoms with Gasteiger partial charge in [-0.05, 0) is 53.2 Å². The Hall–Kier alpha value is -2.24. The van der Waals surface area contributed by atoms with Crippen molar-refractivity contribution in [3.63, 3.8) is 0 Å². The third-order valence-electron chi connectivity index (χ3n) is 3.80. The molecule has 0 aliphatic rings. The number of hydrogen-bond donors (Lipinski definition) is 2. The van der Waals surface area contributed by atoms with Gasteiger partial charge in [0.2, 0.25) is 0 Å². The lowest BCUT2D eigenvalue weighted by Gasteiger charge is -2.14. The molecule has 0 aliphatic heterocycles. The molecule has 4 nitrogen and oxygen atoms in total. The molecule has 25 heavy (non-hydrogen) atoms. The van der Waals surface area contributed by atoms with E-state index in [1.165, 1.54) is 0 Å². The molecule has 0 unspecified atom stereocenters. The van der Waals surface area contributed by atoms with E-state index in [4.69, 9.17) is 16.3 Å². The minimum absolute atomic E-state index is 0.293. The smallest absolute Gasteiger partial charge is 0.319 e. The van der Waals surface area contributed by atoms with Gasteiger partial charge >= 0.3 is 6.03 Å². The maximum absolute atomic E-state index is 12.2. The van der Waals surface area contributed by atoms with Gasteiger partial charge in [0.25, 0.3) is 0 Å². The fourth-order valence-corrected chi connectivity index (χ4v) is 3.10. The zero-order valence-corrected chi connectivity index (χ0v) is 15.8. The van der Waals surface area contributed by atoms with Crippen LogP contribution in [0.5, 0.6) is 5.75 Å². The zero-order valence-electron chi connectivity index (χ0n) is 13.5. The SMILES string of the molecule is COc1ccc2cc(Br)ccc2c1CNC(=O)Nc1ccc(Cl)cc1.